The number of carbonyl (C=O) groups is 2. The number of carbonyl (C=O) groups excluding carboxylic acids is 1. The zero-order valence-electron chi connectivity index (χ0n) is 12.3. The highest BCUT2D eigenvalue weighted by molar-refractivity contribution is 5.84. The summed E-state index contributed by atoms with van der Waals surface area (Å²) in [6.45, 7) is 0. The summed E-state index contributed by atoms with van der Waals surface area (Å²) < 4.78 is 0. The molecule has 0 bridgehead atoms. The first-order valence-corrected chi connectivity index (χ1v) is 7.74. The van der Waals surface area contributed by atoms with Gasteiger partial charge in [-0.3, -0.25) is 4.79 Å². The maximum Gasteiger partial charge on any atom is 0.330 e. The average molecular weight is 289 g/mol. The van der Waals surface area contributed by atoms with Gasteiger partial charge in [0.15, 0.2) is 6.04 Å². The van der Waals surface area contributed by atoms with Crippen LogP contribution in [0.2, 0.25) is 0 Å². The van der Waals surface area contributed by atoms with E-state index in [4.69, 9.17) is 0 Å². The fourth-order valence-electron chi connectivity index (χ4n) is 3.02. The predicted octanol–water partition coefficient (Wildman–Crippen LogP) is 3.29. The monoisotopic (exact) mass is 289 g/mol. The quantitative estimate of drug-likeness (QED) is 0.809. The first-order chi connectivity index (χ1) is 10.2. The molecule has 1 saturated carbocycles. The van der Waals surface area contributed by atoms with Gasteiger partial charge in [-0.1, -0.05) is 56.0 Å². The number of rotatable bonds is 7. The van der Waals surface area contributed by atoms with E-state index in [-0.39, 0.29) is 5.91 Å². The van der Waals surface area contributed by atoms with E-state index in [0.29, 0.717) is 12.0 Å². The van der Waals surface area contributed by atoms with Crippen LogP contribution in [0.15, 0.2) is 30.3 Å². The lowest BCUT2D eigenvalue weighted by Crippen LogP contribution is -2.33. The van der Waals surface area contributed by atoms with E-state index in [9.17, 15) is 14.7 Å². The maximum absolute atomic E-state index is 11.9. The molecule has 1 aromatic carbocycles. The molecule has 2 N–H and O–H groups in total. The summed E-state index contributed by atoms with van der Waals surface area (Å²) >= 11 is 0. The molecular weight excluding hydrogens is 266 g/mol. The third-order valence-corrected chi connectivity index (χ3v) is 4.18. The largest absolute Gasteiger partial charge is 0.479 e. The summed E-state index contributed by atoms with van der Waals surface area (Å²) in [7, 11) is 0. The molecule has 1 aromatic rings. The molecule has 0 aromatic heterocycles. The highest BCUT2D eigenvalue weighted by Crippen LogP contribution is 2.28. The summed E-state index contributed by atoms with van der Waals surface area (Å²) in [6, 6.07) is 7.86. The zero-order chi connectivity index (χ0) is 15.1. The lowest BCUT2D eigenvalue weighted by molar-refractivity contribution is -0.142. The molecule has 21 heavy (non-hydrogen) atoms. The maximum atomic E-state index is 11.9. The summed E-state index contributed by atoms with van der Waals surface area (Å²) in [4.78, 5) is 23.2. The van der Waals surface area contributed by atoms with Crippen molar-refractivity contribution in [2.75, 3.05) is 0 Å². The average Bonchev–Trinajstić information content (AvgIpc) is 2.98. The number of hydrogen-bond acceptors (Lipinski definition) is 2. The number of carboxylic acid groups (broad SMARTS) is 1. The normalized spacial score (nSPS) is 16.6. The molecule has 2 rings (SSSR count). The van der Waals surface area contributed by atoms with Crippen LogP contribution in [0.3, 0.4) is 0 Å². The SMILES string of the molecule is O=C(CCCC1CCCC1)NC(C(=O)O)c1ccccc1. The highest BCUT2D eigenvalue weighted by Gasteiger charge is 2.22. The molecule has 1 aliphatic rings. The Balaban J connectivity index is 1.80. The Morgan fingerprint density at radius 1 is 1.19 bits per heavy atom. The van der Waals surface area contributed by atoms with Gasteiger partial charge in [-0.05, 0) is 24.3 Å². The molecule has 114 valence electrons. The van der Waals surface area contributed by atoms with Crippen molar-refractivity contribution in [2.45, 2.75) is 51.0 Å². The number of carboxylic acids is 1. The van der Waals surface area contributed by atoms with Gasteiger partial charge < -0.3 is 10.4 Å². The van der Waals surface area contributed by atoms with Gasteiger partial charge >= 0.3 is 5.97 Å². The van der Waals surface area contributed by atoms with Crippen LogP contribution in [0.5, 0.6) is 0 Å². The van der Waals surface area contributed by atoms with Crippen molar-refractivity contribution in [1.29, 1.82) is 0 Å². The van der Waals surface area contributed by atoms with Crippen LogP contribution >= 0.6 is 0 Å². The van der Waals surface area contributed by atoms with Crippen LogP contribution in [-0.4, -0.2) is 17.0 Å². The van der Waals surface area contributed by atoms with Crippen molar-refractivity contribution in [2.24, 2.45) is 5.92 Å². The molecule has 1 unspecified atom stereocenters. The smallest absolute Gasteiger partial charge is 0.330 e. The van der Waals surface area contributed by atoms with Crippen LogP contribution < -0.4 is 5.32 Å². The second-order valence-electron chi connectivity index (χ2n) is 5.79. The summed E-state index contributed by atoms with van der Waals surface area (Å²) in [6.07, 6.45) is 7.52. The zero-order valence-corrected chi connectivity index (χ0v) is 12.3. The van der Waals surface area contributed by atoms with E-state index in [1.54, 1.807) is 24.3 Å². The first-order valence-electron chi connectivity index (χ1n) is 7.74. The van der Waals surface area contributed by atoms with E-state index in [1.165, 1.54) is 25.7 Å². The molecule has 0 aliphatic heterocycles. The van der Waals surface area contributed by atoms with Gasteiger partial charge in [0, 0.05) is 6.42 Å². The third-order valence-electron chi connectivity index (χ3n) is 4.18. The summed E-state index contributed by atoms with van der Waals surface area (Å²) in [5.74, 6) is -0.434. The van der Waals surface area contributed by atoms with Gasteiger partial charge in [-0.15, -0.1) is 0 Å². The van der Waals surface area contributed by atoms with E-state index in [0.717, 1.165) is 18.8 Å². The molecule has 1 atom stereocenters. The highest BCUT2D eigenvalue weighted by atomic mass is 16.4. The summed E-state index contributed by atoms with van der Waals surface area (Å²) in [5, 5.41) is 11.9. The first kappa shape index (κ1) is 15.5. The molecule has 1 aliphatic carbocycles. The third kappa shape index (κ3) is 4.88. The second kappa shape index (κ2) is 7.81. The van der Waals surface area contributed by atoms with Crippen LogP contribution in [0.25, 0.3) is 0 Å². The molecule has 0 spiro atoms. The van der Waals surface area contributed by atoms with E-state index < -0.39 is 12.0 Å². The Bertz CT molecular complexity index is 466. The minimum Gasteiger partial charge on any atom is -0.479 e. The number of nitrogens with one attached hydrogen (secondary N) is 1. The van der Waals surface area contributed by atoms with E-state index in [1.807, 2.05) is 6.07 Å². The van der Waals surface area contributed by atoms with Gasteiger partial charge in [0.05, 0.1) is 0 Å². The Labute approximate surface area is 125 Å². The van der Waals surface area contributed by atoms with Crippen molar-refractivity contribution in [3.63, 3.8) is 0 Å². The molecule has 1 fully saturated rings. The number of hydrogen-bond donors (Lipinski definition) is 2. The van der Waals surface area contributed by atoms with Gasteiger partial charge in [-0.2, -0.15) is 0 Å². The molecule has 0 heterocycles. The topological polar surface area (TPSA) is 66.4 Å². The van der Waals surface area contributed by atoms with Gasteiger partial charge in [0.2, 0.25) is 5.91 Å². The van der Waals surface area contributed by atoms with Crippen LogP contribution in [0.4, 0.5) is 0 Å². The Morgan fingerprint density at radius 3 is 2.48 bits per heavy atom. The number of amides is 1. The Kier molecular flexibility index (Phi) is 5.78. The molecule has 1 amide bonds. The minimum atomic E-state index is -1.02. The number of aliphatic carboxylic acids is 1. The van der Waals surface area contributed by atoms with Crippen molar-refractivity contribution in [3.05, 3.63) is 35.9 Å². The van der Waals surface area contributed by atoms with Crippen LogP contribution in [0, 0.1) is 5.92 Å². The van der Waals surface area contributed by atoms with Crippen molar-refractivity contribution in [1.82, 2.24) is 5.32 Å². The lowest BCUT2D eigenvalue weighted by Gasteiger charge is -2.15. The molecular formula is C17H23NO3. The molecule has 0 radical (unpaired) electrons. The predicted molar refractivity (Wildman–Crippen MR) is 80.8 cm³/mol. The van der Waals surface area contributed by atoms with Crippen molar-refractivity contribution < 1.29 is 14.7 Å². The molecule has 4 heteroatoms. The Hall–Kier alpha value is -1.84. The van der Waals surface area contributed by atoms with Gasteiger partial charge in [0.25, 0.3) is 0 Å². The second-order valence-corrected chi connectivity index (χ2v) is 5.79. The van der Waals surface area contributed by atoms with Gasteiger partial charge in [-0.25, -0.2) is 4.79 Å². The van der Waals surface area contributed by atoms with Gasteiger partial charge in [0.1, 0.15) is 0 Å². The Morgan fingerprint density at radius 2 is 1.86 bits per heavy atom. The van der Waals surface area contributed by atoms with Crippen LogP contribution in [0.1, 0.15) is 56.6 Å². The lowest BCUT2D eigenvalue weighted by atomic mass is 10.0. The molecule has 4 nitrogen and oxygen atoms in total. The molecule has 0 saturated heterocycles. The standard InChI is InChI=1S/C17H23NO3/c19-15(12-6-9-13-7-4-5-8-13)18-16(17(20)21)14-10-2-1-3-11-14/h1-3,10-11,13,16H,4-9,12H2,(H,18,19)(H,20,21). The minimum absolute atomic E-state index is 0.177. The fourth-order valence-corrected chi connectivity index (χ4v) is 3.02. The van der Waals surface area contributed by atoms with Crippen LogP contribution in [-0.2, 0) is 9.59 Å². The van der Waals surface area contributed by atoms with E-state index in [2.05, 4.69) is 5.32 Å². The number of benzene rings is 1. The fraction of sp³-hybridized carbons (Fsp3) is 0.529. The van der Waals surface area contributed by atoms with Crippen molar-refractivity contribution in [3.8, 4) is 0 Å². The van der Waals surface area contributed by atoms with E-state index >= 15 is 0 Å². The summed E-state index contributed by atoms with van der Waals surface area (Å²) in [5.41, 5.74) is 0.606. The van der Waals surface area contributed by atoms with Crippen molar-refractivity contribution >= 4 is 11.9 Å².